The highest BCUT2D eigenvalue weighted by molar-refractivity contribution is 9.10. The van der Waals surface area contributed by atoms with E-state index in [0.29, 0.717) is 29.4 Å². The Morgan fingerprint density at radius 1 is 1.41 bits per heavy atom. The van der Waals surface area contributed by atoms with Crippen LogP contribution < -0.4 is 10.1 Å². The molecule has 2 aromatic heterocycles. The number of ether oxygens (including phenoxy) is 2. The normalized spacial score (nSPS) is 21.7. The first-order chi connectivity index (χ1) is 12.5. The number of halogens is 2. The van der Waals surface area contributed by atoms with E-state index in [1.165, 1.54) is 0 Å². The van der Waals surface area contributed by atoms with Crippen molar-refractivity contribution in [3.63, 3.8) is 0 Å². The SMILES string of the molecule is CC.CC(C)(C)OC(=O)NC1CC(C)(Oc2nc(Cl)cn3ncc(Br)c23)C1. The van der Waals surface area contributed by atoms with Crippen molar-refractivity contribution in [3.8, 4) is 5.88 Å². The molecule has 0 atom stereocenters. The van der Waals surface area contributed by atoms with E-state index in [4.69, 9.17) is 21.1 Å². The number of carbonyl (C=O) groups is 1. The second kappa shape index (κ2) is 8.22. The summed E-state index contributed by atoms with van der Waals surface area (Å²) >= 11 is 9.48. The summed E-state index contributed by atoms with van der Waals surface area (Å²) in [6.45, 7) is 11.5. The van der Waals surface area contributed by atoms with Gasteiger partial charge in [0, 0.05) is 18.9 Å². The molecule has 0 spiro atoms. The van der Waals surface area contributed by atoms with Gasteiger partial charge in [-0.1, -0.05) is 25.4 Å². The molecule has 1 aliphatic carbocycles. The van der Waals surface area contributed by atoms with E-state index in [2.05, 4.69) is 31.3 Å². The first-order valence-electron chi connectivity index (χ1n) is 8.93. The van der Waals surface area contributed by atoms with E-state index in [9.17, 15) is 4.79 Å². The van der Waals surface area contributed by atoms with Crippen LogP contribution in [-0.2, 0) is 4.74 Å². The minimum atomic E-state index is -0.516. The molecule has 27 heavy (non-hydrogen) atoms. The molecule has 9 heteroatoms. The molecule has 0 radical (unpaired) electrons. The van der Waals surface area contributed by atoms with E-state index >= 15 is 0 Å². The van der Waals surface area contributed by atoms with Gasteiger partial charge in [-0.15, -0.1) is 0 Å². The summed E-state index contributed by atoms with van der Waals surface area (Å²) in [5.74, 6) is 0.412. The maximum absolute atomic E-state index is 11.8. The molecular weight excluding hydrogens is 436 g/mol. The number of hydrogen-bond donors (Lipinski definition) is 1. The molecule has 2 heterocycles. The fraction of sp³-hybridized carbons (Fsp3) is 0.611. The van der Waals surface area contributed by atoms with Crippen LogP contribution in [0.1, 0.15) is 54.4 Å². The van der Waals surface area contributed by atoms with Crippen molar-refractivity contribution in [2.24, 2.45) is 0 Å². The Labute approximate surface area is 172 Å². The summed E-state index contributed by atoms with van der Waals surface area (Å²) in [5, 5.41) is 7.34. The van der Waals surface area contributed by atoms with E-state index in [-0.39, 0.29) is 6.04 Å². The standard InChI is InChI=1S/C16H20BrClN4O3.C2H6/c1-15(2,3)25-14(23)20-9-5-16(4,6-9)24-13-12-10(17)7-19-22(12)8-11(18)21-13;1-2/h7-9H,5-6H2,1-4H3,(H,20,23);1-2H3. The van der Waals surface area contributed by atoms with E-state index in [1.807, 2.05) is 41.5 Å². The van der Waals surface area contributed by atoms with Crippen LogP contribution in [-0.4, -0.2) is 37.9 Å². The fourth-order valence-corrected chi connectivity index (χ4v) is 3.48. The van der Waals surface area contributed by atoms with Crippen LogP contribution in [0.15, 0.2) is 16.9 Å². The van der Waals surface area contributed by atoms with Crippen LogP contribution in [0.2, 0.25) is 5.15 Å². The van der Waals surface area contributed by atoms with Crippen molar-refractivity contribution >= 4 is 39.1 Å². The van der Waals surface area contributed by atoms with E-state index in [1.54, 1.807) is 16.9 Å². The van der Waals surface area contributed by atoms with E-state index < -0.39 is 17.3 Å². The molecule has 1 aliphatic rings. The number of nitrogens with zero attached hydrogens (tertiary/aromatic N) is 3. The zero-order chi connectivity index (χ0) is 20.4. The predicted molar refractivity (Wildman–Crippen MR) is 108 cm³/mol. The largest absolute Gasteiger partial charge is 0.470 e. The van der Waals surface area contributed by atoms with Crippen LogP contribution in [0.25, 0.3) is 5.52 Å². The van der Waals surface area contributed by atoms with Crippen LogP contribution in [0.3, 0.4) is 0 Å². The lowest BCUT2D eigenvalue weighted by Crippen LogP contribution is -2.57. The van der Waals surface area contributed by atoms with Gasteiger partial charge in [-0.3, -0.25) is 0 Å². The van der Waals surface area contributed by atoms with Gasteiger partial charge in [-0.05, 0) is 43.6 Å². The highest BCUT2D eigenvalue weighted by Crippen LogP contribution is 2.39. The van der Waals surface area contributed by atoms with Crippen LogP contribution >= 0.6 is 27.5 Å². The van der Waals surface area contributed by atoms with Crippen LogP contribution in [0.5, 0.6) is 5.88 Å². The van der Waals surface area contributed by atoms with E-state index in [0.717, 1.165) is 4.47 Å². The van der Waals surface area contributed by atoms with Crippen molar-refractivity contribution in [2.45, 2.75) is 71.6 Å². The molecule has 0 unspecified atom stereocenters. The van der Waals surface area contributed by atoms with Gasteiger partial charge in [-0.25, -0.2) is 9.31 Å². The smallest absolute Gasteiger partial charge is 0.407 e. The lowest BCUT2D eigenvalue weighted by molar-refractivity contribution is -0.0217. The number of hydrogen-bond acceptors (Lipinski definition) is 5. The van der Waals surface area contributed by atoms with Crippen LogP contribution in [0, 0.1) is 0 Å². The van der Waals surface area contributed by atoms with Gasteiger partial charge < -0.3 is 14.8 Å². The average molecular weight is 462 g/mol. The molecule has 150 valence electrons. The number of carbonyl (C=O) groups excluding carboxylic acids is 1. The average Bonchev–Trinajstić information content (AvgIpc) is 2.87. The Hall–Kier alpha value is -1.54. The Morgan fingerprint density at radius 2 is 2.04 bits per heavy atom. The summed E-state index contributed by atoms with van der Waals surface area (Å²) in [5.41, 5.74) is -0.242. The van der Waals surface area contributed by atoms with Gasteiger partial charge >= 0.3 is 6.09 Å². The highest BCUT2D eigenvalue weighted by Gasteiger charge is 2.44. The molecule has 0 bridgehead atoms. The summed E-state index contributed by atoms with van der Waals surface area (Å²) < 4.78 is 13.8. The summed E-state index contributed by atoms with van der Waals surface area (Å²) in [6, 6.07) is 0.00315. The molecule has 7 nitrogen and oxygen atoms in total. The second-order valence-electron chi connectivity index (χ2n) is 7.46. The van der Waals surface area contributed by atoms with Crippen molar-refractivity contribution < 1.29 is 14.3 Å². The van der Waals surface area contributed by atoms with Crippen molar-refractivity contribution in [2.75, 3.05) is 0 Å². The molecule has 1 N–H and O–H groups in total. The molecule has 1 amide bonds. The third kappa shape index (κ3) is 5.48. The van der Waals surface area contributed by atoms with Crippen LogP contribution in [0.4, 0.5) is 4.79 Å². The highest BCUT2D eigenvalue weighted by atomic mass is 79.9. The van der Waals surface area contributed by atoms with Gasteiger partial charge in [-0.2, -0.15) is 10.1 Å². The Balaban J connectivity index is 0.00000126. The van der Waals surface area contributed by atoms with Gasteiger partial charge in [0.25, 0.3) is 0 Å². The second-order valence-corrected chi connectivity index (χ2v) is 8.70. The quantitative estimate of drug-likeness (QED) is 0.696. The number of nitrogens with one attached hydrogen (secondary N) is 1. The van der Waals surface area contributed by atoms with Gasteiger partial charge in [0.15, 0.2) is 5.15 Å². The fourth-order valence-electron chi connectivity index (χ4n) is 2.87. The number of alkyl carbamates (subject to hydrolysis) is 1. The molecule has 3 rings (SSSR count). The predicted octanol–water partition coefficient (Wildman–Crippen LogP) is 5.00. The first-order valence-corrected chi connectivity index (χ1v) is 10.1. The molecule has 0 aromatic carbocycles. The van der Waals surface area contributed by atoms with Gasteiger partial charge in [0.05, 0.1) is 16.9 Å². The van der Waals surface area contributed by atoms with Gasteiger partial charge in [0.2, 0.25) is 5.88 Å². The molecule has 2 aromatic rings. The topological polar surface area (TPSA) is 77.8 Å². The molecule has 1 fully saturated rings. The summed E-state index contributed by atoms with van der Waals surface area (Å²) in [4.78, 5) is 16.1. The number of rotatable bonds is 3. The number of amides is 1. The monoisotopic (exact) mass is 460 g/mol. The summed E-state index contributed by atoms with van der Waals surface area (Å²) in [6.07, 6.45) is 4.17. The van der Waals surface area contributed by atoms with Gasteiger partial charge in [0.1, 0.15) is 16.7 Å². The summed E-state index contributed by atoms with van der Waals surface area (Å²) in [7, 11) is 0. The Bertz CT molecular complexity index is 813. The molecule has 0 aliphatic heterocycles. The molecule has 1 saturated carbocycles. The number of fused-ring (bicyclic) bond motifs is 1. The number of aromatic nitrogens is 3. The maximum Gasteiger partial charge on any atom is 0.407 e. The minimum absolute atomic E-state index is 0.00315. The molecule has 0 saturated heterocycles. The van der Waals surface area contributed by atoms with Crippen molar-refractivity contribution in [1.82, 2.24) is 19.9 Å². The zero-order valence-corrected chi connectivity index (χ0v) is 18.8. The zero-order valence-electron chi connectivity index (χ0n) is 16.5. The Morgan fingerprint density at radius 3 is 2.63 bits per heavy atom. The minimum Gasteiger partial charge on any atom is -0.470 e. The van der Waals surface area contributed by atoms with Crippen molar-refractivity contribution in [3.05, 3.63) is 22.0 Å². The lowest BCUT2D eigenvalue weighted by atomic mass is 9.77. The maximum atomic E-state index is 11.8. The third-order valence-electron chi connectivity index (χ3n) is 3.81. The van der Waals surface area contributed by atoms with Crippen molar-refractivity contribution in [1.29, 1.82) is 0 Å². The molecular formula is C18H26BrClN4O3. The Kier molecular flexibility index (Phi) is 6.63. The third-order valence-corrected chi connectivity index (χ3v) is 4.57. The lowest BCUT2D eigenvalue weighted by Gasteiger charge is -2.44. The first kappa shape index (κ1) is 21.8.